The lowest BCUT2D eigenvalue weighted by Gasteiger charge is -2.19. The van der Waals surface area contributed by atoms with Crippen LogP contribution in [0.15, 0.2) is 36.5 Å². The minimum Gasteiger partial charge on any atom is -0.391 e. The van der Waals surface area contributed by atoms with Gasteiger partial charge in [-0.3, -0.25) is 9.69 Å². The molecule has 1 amide bonds. The van der Waals surface area contributed by atoms with E-state index in [1.165, 1.54) is 12.7 Å². The van der Waals surface area contributed by atoms with Crippen LogP contribution in [-0.2, 0) is 16.1 Å². The Balaban J connectivity index is 1.53. The van der Waals surface area contributed by atoms with Gasteiger partial charge in [0.2, 0.25) is 5.91 Å². The number of β-amino-alcohol motifs (C(OH)–C–C–N with tert-alkyl or cyclic N) is 1. The first-order valence-corrected chi connectivity index (χ1v) is 10.1. The molecule has 29 heavy (non-hydrogen) atoms. The van der Waals surface area contributed by atoms with Gasteiger partial charge in [-0.2, -0.15) is 0 Å². The molecular weight excluding hydrogens is 368 g/mol. The van der Waals surface area contributed by atoms with Crippen molar-refractivity contribution in [1.82, 2.24) is 19.8 Å². The van der Waals surface area contributed by atoms with Crippen molar-refractivity contribution < 1.29 is 14.6 Å². The van der Waals surface area contributed by atoms with Crippen LogP contribution in [0.1, 0.15) is 23.0 Å². The summed E-state index contributed by atoms with van der Waals surface area (Å²) < 4.78 is 5.02. The van der Waals surface area contributed by atoms with Crippen molar-refractivity contribution in [3.05, 3.63) is 53.6 Å². The molecule has 1 aliphatic heterocycles. The molecule has 2 fully saturated rings. The third-order valence-electron chi connectivity index (χ3n) is 6.50. The predicted molar refractivity (Wildman–Crippen MR) is 109 cm³/mol. The van der Waals surface area contributed by atoms with Crippen molar-refractivity contribution in [2.24, 2.45) is 11.3 Å². The number of nitrogens with one attached hydrogen (secondary N) is 1. The maximum Gasteiger partial charge on any atom is 0.248 e. The molecule has 2 N–H and O–H groups in total. The van der Waals surface area contributed by atoms with Crippen LogP contribution in [0.2, 0.25) is 0 Å². The number of H-pyrrole nitrogens is 1. The number of aromatic nitrogens is 2. The van der Waals surface area contributed by atoms with E-state index in [0.29, 0.717) is 13.1 Å². The summed E-state index contributed by atoms with van der Waals surface area (Å²) in [5.41, 5.74) is 2.00. The predicted octanol–water partition coefficient (Wildman–Crippen LogP) is 1.40. The van der Waals surface area contributed by atoms with Gasteiger partial charge in [-0.1, -0.05) is 30.3 Å². The molecule has 0 bridgehead atoms. The largest absolute Gasteiger partial charge is 0.391 e. The average molecular weight is 399 g/mol. The van der Waals surface area contributed by atoms with E-state index < -0.39 is 6.10 Å². The van der Waals surface area contributed by atoms with E-state index >= 15 is 0 Å². The number of rotatable bonds is 7. The molecule has 2 aliphatic rings. The monoisotopic (exact) mass is 398 g/mol. The van der Waals surface area contributed by atoms with E-state index in [9.17, 15) is 9.90 Å². The molecule has 7 nitrogen and oxygen atoms in total. The highest BCUT2D eigenvalue weighted by molar-refractivity contribution is 5.78. The number of benzene rings is 1. The van der Waals surface area contributed by atoms with E-state index in [1.807, 2.05) is 31.3 Å². The van der Waals surface area contributed by atoms with Crippen molar-refractivity contribution in [2.45, 2.75) is 25.5 Å². The third kappa shape index (κ3) is 3.70. The summed E-state index contributed by atoms with van der Waals surface area (Å²) in [6.07, 6.45) is 1.31. The molecule has 1 aliphatic carbocycles. The molecule has 156 valence electrons. The molecule has 1 saturated heterocycles. The first-order valence-electron chi connectivity index (χ1n) is 10.1. The van der Waals surface area contributed by atoms with Crippen LogP contribution in [0.25, 0.3) is 0 Å². The van der Waals surface area contributed by atoms with E-state index in [2.05, 4.69) is 34.0 Å². The van der Waals surface area contributed by atoms with Crippen molar-refractivity contribution in [3.8, 4) is 0 Å². The normalized spacial score (nSPS) is 28.4. The van der Waals surface area contributed by atoms with Crippen molar-refractivity contribution in [3.63, 3.8) is 0 Å². The number of nitrogens with zero attached hydrogens (tertiary/aromatic N) is 3. The van der Waals surface area contributed by atoms with Gasteiger partial charge >= 0.3 is 0 Å². The second-order valence-electron chi connectivity index (χ2n) is 8.54. The number of amides is 1. The Bertz CT molecular complexity index is 855. The number of likely N-dealkylation sites (tertiary alicyclic amines) is 1. The van der Waals surface area contributed by atoms with Gasteiger partial charge in [-0.15, -0.1) is 0 Å². The highest BCUT2D eigenvalue weighted by Gasteiger charge is 2.71. The molecule has 2 aromatic rings. The first kappa shape index (κ1) is 20.1. The Hall–Kier alpha value is -2.22. The van der Waals surface area contributed by atoms with Crippen LogP contribution >= 0.6 is 0 Å². The molecule has 1 aromatic carbocycles. The molecule has 1 aromatic heterocycles. The lowest BCUT2D eigenvalue weighted by molar-refractivity contribution is -0.134. The van der Waals surface area contributed by atoms with Gasteiger partial charge in [0.1, 0.15) is 12.4 Å². The number of imidazole rings is 1. The van der Waals surface area contributed by atoms with E-state index in [4.69, 9.17) is 4.74 Å². The Morgan fingerprint density at radius 3 is 2.83 bits per heavy atom. The van der Waals surface area contributed by atoms with Crippen LogP contribution in [0, 0.1) is 18.3 Å². The van der Waals surface area contributed by atoms with Gasteiger partial charge in [0.15, 0.2) is 0 Å². The summed E-state index contributed by atoms with van der Waals surface area (Å²) in [7, 11) is 3.61. The lowest BCUT2D eigenvalue weighted by Crippen LogP contribution is -2.32. The lowest BCUT2D eigenvalue weighted by atomic mass is 9.95. The summed E-state index contributed by atoms with van der Waals surface area (Å²) in [5, 5.41) is 11.0. The Kier molecular flexibility index (Phi) is 5.46. The minimum atomic E-state index is -0.530. The topological polar surface area (TPSA) is 81.7 Å². The van der Waals surface area contributed by atoms with Crippen molar-refractivity contribution >= 4 is 5.91 Å². The zero-order chi connectivity index (χ0) is 20.6. The fourth-order valence-corrected chi connectivity index (χ4v) is 5.18. The third-order valence-corrected chi connectivity index (χ3v) is 6.50. The molecule has 1 spiro atoms. The first-order chi connectivity index (χ1) is 14.0. The van der Waals surface area contributed by atoms with Gasteiger partial charge in [0.25, 0.3) is 0 Å². The molecule has 0 radical (unpaired) electrons. The van der Waals surface area contributed by atoms with Gasteiger partial charge in [-0.25, -0.2) is 4.98 Å². The number of aliphatic hydroxyl groups excluding tert-OH is 1. The maximum absolute atomic E-state index is 12.4. The summed E-state index contributed by atoms with van der Waals surface area (Å²) in [6, 6.07) is 10.4. The van der Waals surface area contributed by atoms with Crippen LogP contribution in [-0.4, -0.2) is 77.3 Å². The zero-order valence-electron chi connectivity index (χ0n) is 17.3. The molecule has 1 saturated carbocycles. The van der Waals surface area contributed by atoms with Crippen molar-refractivity contribution in [2.75, 3.05) is 40.4 Å². The van der Waals surface area contributed by atoms with Gasteiger partial charge in [-0.05, 0) is 31.4 Å². The molecule has 7 heteroatoms. The van der Waals surface area contributed by atoms with E-state index in [0.717, 1.165) is 24.6 Å². The maximum atomic E-state index is 12.4. The highest BCUT2D eigenvalue weighted by Crippen LogP contribution is 2.69. The Labute approximate surface area is 171 Å². The Morgan fingerprint density at radius 1 is 1.41 bits per heavy atom. The number of carbonyl (C=O) groups excluding carboxylic acids is 1. The minimum absolute atomic E-state index is 0.0553. The number of hydrogen-bond donors (Lipinski definition) is 2. The number of carbonyl (C=O) groups is 1. The standard InChI is InChI=1S/C22H30N4O3/c1-15-9-23-19(24-15)12-25(2)10-17-21(16-7-5-4-6-8-16)22(17)14-26(11-18(22)27)20(28)13-29-3/h4-9,17-18,21,27H,10-14H2,1-3H3,(H,23,24)/t17-,18+,21-,22-/m1/s1. The fourth-order valence-electron chi connectivity index (χ4n) is 5.18. The second-order valence-corrected chi connectivity index (χ2v) is 8.54. The SMILES string of the molecule is COCC(=O)N1C[C@H](O)[C@@]2(C1)[C@H](CN(C)Cc1ncc(C)[nH]1)[C@H]2c1ccccc1. The summed E-state index contributed by atoms with van der Waals surface area (Å²) in [5.74, 6) is 1.40. The van der Waals surface area contributed by atoms with Gasteiger partial charge in [0.05, 0.1) is 12.6 Å². The van der Waals surface area contributed by atoms with Crippen LogP contribution in [0.5, 0.6) is 0 Å². The van der Waals surface area contributed by atoms with Crippen LogP contribution < -0.4 is 0 Å². The van der Waals surface area contributed by atoms with E-state index in [-0.39, 0.29) is 29.8 Å². The highest BCUT2D eigenvalue weighted by atomic mass is 16.5. The second kappa shape index (κ2) is 7.89. The van der Waals surface area contributed by atoms with Crippen molar-refractivity contribution in [1.29, 1.82) is 0 Å². The van der Waals surface area contributed by atoms with Gasteiger partial charge in [0, 0.05) is 44.0 Å². The summed E-state index contributed by atoms with van der Waals surface area (Å²) >= 11 is 0. The average Bonchev–Trinajstić information content (AvgIpc) is 2.94. The fraction of sp³-hybridized carbons (Fsp3) is 0.545. The van der Waals surface area contributed by atoms with Crippen LogP contribution in [0.3, 0.4) is 0 Å². The molecule has 4 atom stereocenters. The summed E-state index contributed by atoms with van der Waals surface area (Å²) in [6.45, 7) is 4.57. The van der Waals surface area contributed by atoms with Gasteiger partial charge < -0.3 is 19.7 Å². The Morgan fingerprint density at radius 2 is 2.17 bits per heavy atom. The summed E-state index contributed by atoms with van der Waals surface area (Å²) in [4.78, 5) is 24.1. The molecule has 4 rings (SSSR count). The van der Waals surface area contributed by atoms with E-state index in [1.54, 1.807) is 4.90 Å². The zero-order valence-corrected chi connectivity index (χ0v) is 17.3. The number of hydrogen-bond acceptors (Lipinski definition) is 5. The number of methoxy groups -OCH3 is 1. The van der Waals surface area contributed by atoms with Crippen LogP contribution in [0.4, 0.5) is 0 Å². The molecular formula is C22H30N4O3. The number of aromatic amines is 1. The quantitative estimate of drug-likeness (QED) is 0.737. The molecule has 0 unspecified atom stereocenters. The number of aliphatic hydroxyl groups is 1. The smallest absolute Gasteiger partial charge is 0.248 e. The number of ether oxygens (including phenoxy) is 1. The number of aryl methyl sites for hydroxylation is 1. The molecule has 2 heterocycles.